The molecule has 0 heterocycles. The van der Waals surface area contributed by atoms with Gasteiger partial charge >= 0.3 is 0 Å². The molecule has 0 saturated heterocycles. The Hall–Kier alpha value is -1.93. The van der Waals surface area contributed by atoms with Gasteiger partial charge in [-0.1, -0.05) is 48.5 Å². The van der Waals surface area contributed by atoms with Crippen LogP contribution < -0.4 is 4.90 Å². The van der Waals surface area contributed by atoms with Crippen LogP contribution in [0.5, 0.6) is 0 Å². The normalized spacial score (nSPS) is 12.0. The highest BCUT2D eigenvalue weighted by Gasteiger charge is 2.12. The van der Waals surface area contributed by atoms with Crippen LogP contribution in [0.3, 0.4) is 0 Å². The molecule has 2 heteroatoms. The van der Waals surface area contributed by atoms with Gasteiger partial charge < -0.3 is 4.90 Å². The van der Waals surface area contributed by atoms with Crippen LogP contribution in [-0.4, -0.2) is 32.9 Å². The molecule has 0 aliphatic rings. The number of rotatable bonds is 6. The molecule has 0 bridgehead atoms. The summed E-state index contributed by atoms with van der Waals surface area (Å²) < 4.78 is 0. The smallest absolute Gasteiger partial charge is 0.0784 e. The van der Waals surface area contributed by atoms with Crippen molar-refractivity contribution in [3.63, 3.8) is 0 Å². The molecule has 1 N–H and O–H groups in total. The van der Waals surface area contributed by atoms with Gasteiger partial charge in [0.2, 0.25) is 0 Å². The Morgan fingerprint density at radius 2 is 1.55 bits per heavy atom. The summed E-state index contributed by atoms with van der Waals surface area (Å²) in [5.41, 5.74) is 6.20. The van der Waals surface area contributed by atoms with Crippen LogP contribution in [0.4, 0.5) is 0 Å². The summed E-state index contributed by atoms with van der Waals surface area (Å²) in [6.45, 7) is 6.37. The Bertz CT molecular complexity index is 607. The minimum atomic E-state index is 0.878. The fourth-order valence-electron chi connectivity index (χ4n) is 2.72. The number of benzene rings is 2. The SMILES string of the molecule is Cc1cccc(C)c1C(=NCCC[NH+](C)C)c1ccccc1. The van der Waals surface area contributed by atoms with Gasteiger partial charge in [0.1, 0.15) is 0 Å². The van der Waals surface area contributed by atoms with Gasteiger partial charge in [-0.3, -0.25) is 4.99 Å². The van der Waals surface area contributed by atoms with Crippen molar-refractivity contribution in [2.24, 2.45) is 4.99 Å². The van der Waals surface area contributed by atoms with E-state index in [9.17, 15) is 0 Å². The van der Waals surface area contributed by atoms with E-state index in [1.807, 2.05) is 0 Å². The van der Waals surface area contributed by atoms with Crippen molar-refractivity contribution in [2.45, 2.75) is 20.3 Å². The van der Waals surface area contributed by atoms with Gasteiger partial charge in [0.05, 0.1) is 26.4 Å². The summed E-state index contributed by atoms with van der Waals surface area (Å²) in [5, 5.41) is 0. The molecule has 0 aromatic heterocycles. The van der Waals surface area contributed by atoms with Gasteiger partial charge in [-0.25, -0.2) is 0 Å². The average Bonchev–Trinajstić information content (AvgIpc) is 2.50. The lowest BCUT2D eigenvalue weighted by atomic mass is 9.94. The lowest BCUT2D eigenvalue weighted by molar-refractivity contribution is -0.858. The standard InChI is InChI=1S/C20H26N2/c1-16-10-8-11-17(2)19(16)20(18-12-6-5-7-13-18)21-14-9-15-22(3)4/h5-8,10-13H,9,14-15H2,1-4H3/p+1. The highest BCUT2D eigenvalue weighted by Crippen LogP contribution is 2.19. The van der Waals surface area contributed by atoms with Crippen molar-refractivity contribution in [2.75, 3.05) is 27.2 Å². The maximum absolute atomic E-state index is 4.96. The molecule has 0 fully saturated rings. The Morgan fingerprint density at radius 1 is 0.909 bits per heavy atom. The van der Waals surface area contributed by atoms with Crippen molar-refractivity contribution in [3.8, 4) is 0 Å². The first-order valence-electron chi connectivity index (χ1n) is 8.05. The van der Waals surface area contributed by atoms with E-state index in [1.165, 1.54) is 27.2 Å². The van der Waals surface area contributed by atoms with E-state index >= 15 is 0 Å². The van der Waals surface area contributed by atoms with Gasteiger partial charge in [0, 0.05) is 24.1 Å². The molecule has 0 aliphatic heterocycles. The molecule has 2 nitrogen and oxygen atoms in total. The predicted octanol–water partition coefficient (Wildman–Crippen LogP) is 2.68. The van der Waals surface area contributed by atoms with Crippen molar-refractivity contribution >= 4 is 5.71 Å². The second-order valence-electron chi connectivity index (χ2n) is 6.17. The molecular weight excluding hydrogens is 268 g/mol. The quantitative estimate of drug-likeness (QED) is 0.623. The van der Waals surface area contributed by atoms with Gasteiger partial charge in [0.15, 0.2) is 0 Å². The van der Waals surface area contributed by atoms with Crippen LogP contribution in [0, 0.1) is 13.8 Å². The lowest BCUT2D eigenvalue weighted by Crippen LogP contribution is -3.05. The molecule has 0 saturated carbocycles. The molecule has 0 radical (unpaired) electrons. The molecule has 2 rings (SSSR count). The first kappa shape index (κ1) is 16.4. The number of aryl methyl sites for hydroxylation is 2. The number of hydrogen-bond donors (Lipinski definition) is 1. The maximum Gasteiger partial charge on any atom is 0.0784 e. The molecule has 0 aliphatic carbocycles. The van der Waals surface area contributed by atoms with E-state index in [2.05, 4.69) is 76.5 Å². The second-order valence-corrected chi connectivity index (χ2v) is 6.17. The Kier molecular flexibility index (Phi) is 5.91. The molecule has 0 amide bonds. The summed E-state index contributed by atoms with van der Waals surface area (Å²) in [4.78, 5) is 6.44. The summed E-state index contributed by atoms with van der Waals surface area (Å²) in [6, 6.07) is 17.0. The number of nitrogens with one attached hydrogen (secondary N) is 1. The first-order valence-corrected chi connectivity index (χ1v) is 8.05. The molecule has 2 aromatic carbocycles. The van der Waals surface area contributed by atoms with Crippen LogP contribution >= 0.6 is 0 Å². The summed E-state index contributed by atoms with van der Waals surface area (Å²) >= 11 is 0. The van der Waals surface area contributed by atoms with Gasteiger partial charge in [-0.2, -0.15) is 0 Å². The number of quaternary nitrogens is 1. The van der Waals surface area contributed by atoms with Crippen LogP contribution in [0.15, 0.2) is 53.5 Å². The fraction of sp³-hybridized carbons (Fsp3) is 0.350. The van der Waals surface area contributed by atoms with E-state index in [0.717, 1.165) is 25.2 Å². The van der Waals surface area contributed by atoms with E-state index in [1.54, 1.807) is 0 Å². The monoisotopic (exact) mass is 295 g/mol. The Labute approximate surface area is 134 Å². The minimum Gasteiger partial charge on any atom is -0.340 e. The molecule has 116 valence electrons. The number of aliphatic imine (C=N–C) groups is 1. The van der Waals surface area contributed by atoms with Crippen molar-refractivity contribution in [1.29, 1.82) is 0 Å². The summed E-state index contributed by atoms with van der Waals surface area (Å²) in [5.74, 6) is 0. The zero-order valence-electron chi connectivity index (χ0n) is 14.2. The van der Waals surface area contributed by atoms with Crippen molar-refractivity contribution in [1.82, 2.24) is 0 Å². The van der Waals surface area contributed by atoms with E-state index in [4.69, 9.17) is 4.99 Å². The van der Waals surface area contributed by atoms with Crippen molar-refractivity contribution < 1.29 is 4.90 Å². The second kappa shape index (κ2) is 7.90. The fourth-order valence-corrected chi connectivity index (χ4v) is 2.72. The zero-order chi connectivity index (χ0) is 15.9. The first-order chi connectivity index (χ1) is 10.6. The topological polar surface area (TPSA) is 16.8 Å². The molecule has 22 heavy (non-hydrogen) atoms. The number of nitrogens with zero attached hydrogens (tertiary/aromatic N) is 1. The van der Waals surface area contributed by atoms with Gasteiger partial charge in [-0.05, 0) is 25.0 Å². The van der Waals surface area contributed by atoms with Crippen LogP contribution in [0.2, 0.25) is 0 Å². The lowest BCUT2D eigenvalue weighted by Gasteiger charge is -2.14. The van der Waals surface area contributed by atoms with E-state index in [-0.39, 0.29) is 0 Å². The Morgan fingerprint density at radius 3 is 2.14 bits per heavy atom. The molecule has 0 unspecified atom stereocenters. The van der Waals surface area contributed by atoms with Crippen LogP contribution in [-0.2, 0) is 0 Å². The Balaban J connectivity index is 2.36. The summed E-state index contributed by atoms with van der Waals surface area (Å²) in [6.07, 6.45) is 1.11. The van der Waals surface area contributed by atoms with E-state index < -0.39 is 0 Å². The molecule has 2 aromatic rings. The van der Waals surface area contributed by atoms with Gasteiger partial charge in [-0.15, -0.1) is 0 Å². The highest BCUT2D eigenvalue weighted by molar-refractivity contribution is 6.14. The van der Waals surface area contributed by atoms with Crippen LogP contribution in [0.1, 0.15) is 28.7 Å². The minimum absolute atomic E-state index is 0.878. The third-order valence-electron chi connectivity index (χ3n) is 3.87. The predicted molar refractivity (Wildman–Crippen MR) is 95.2 cm³/mol. The average molecular weight is 295 g/mol. The van der Waals surface area contributed by atoms with Crippen LogP contribution in [0.25, 0.3) is 0 Å². The zero-order valence-corrected chi connectivity index (χ0v) is 14.2. The molecule has 0 spiro atoms. The van der Waals surface area contributed by atoms with Gasteiger partial charge in [0.25, 0.3) is 0 Å². The number of hydrogen-bond acceptors (Lipinski definition) is 1. The summed E-state index contributed by atoms with van der Waals surface area (Å²) in [7, 11) is 4.38. The highest BCUT2D eigenvalue weighted by atomic mass is 15.0. The molecular formula is C20H27N2+. The van der Waals surface area contributed by atoms with Crippen molar-refractivity contribution in [3.05, 3.63) is 70.8 Å². The van der Waals surface area contributed by atoms with E-state index in [0.29, 0.717) is 0 Å². The largest absolute Gasteiger partial charge is 0.340 e. The third-order valence-corrected chi connectivity index (χ3v) is 3.87. The maximum atomic E-state index is 4.96. The third kappa shape index (κ3) is 4.28. The molecule has 0 atom stereocenters.